The largest absolute Gasteiger partial charge is 0.396 e. The monoisotopic (exact) mass is 239 g/mol. The van der Waals surface area contributed by atoms with Crippen molar-refractivity contribution in [2.24, 2.45) is 5.92 Å². The first-order chi connectivity index (χ1) is 8.31. The minimum Gasteiger partial charge on any atom is -0.396 e. The van der Waals surface area contributed by atoms with Crippen LogP contribution in [0.5, 0.6) is 0 Å². The predicted molar refractivity (Wildman–Crippen MR) is 66.9 cm³/mol. The minimum absolute atomic E-state index is 0.236. The molecule has 0 aromatic carbocycles. The van der Waals surface area contributed by atoms with Gasteiger partial charge in [0.2, 0.25) is 0 Å². The van der Waals surface area contributed by atoms with Crippen LogP contribution >= 0.6 is 0 Å². The summed E-state index contributed by atoms with van der Waals surface area (Å²) in [5.74, 6) is 0.525. The summed E-state index contributed by atoms with van der Waals surface area (Å²) in [5, 5.41) is 9.24. The SMILES string of the molecule is OCC1CCN(C2CCOC3(CCCC3)C2)C1. The number of nitrogens with zero attached hydrogens (tertiary/aromatic N) is 1. The predicted octanol–water partition coefficient (Wildman–Crippen LogP) is 1.79. The van der Waals surface area contributed by atoms with Crippen LogP contribution in [-0.4, -0.2) is 48.0 Å². The van der Waals surface area contributed by atoms with E-state index >= 15 is 0 Å². The molecule has 3 fully saturated rings. The van der Waals surface area contributed by atoms with Gasteiger partial charge in [-0.05, 0) is 44.6 Å². The Morgan fingerprint density at radius 1 is 1.24 bits per heavy atom. The number of likely N-dealkylation sites (tertiary alicyclic amines) is 1. The van der Waals surface area contributed by atoms with Gasteiger partial charge in [0.25, 0.3) is 0 Å². The summed E-state index contributed by atoms with van der Waals surface area (Å²) in [5.41, 5.74) is 0.236. The smallest absolute Gasteiger partial charge is 0.0697 e. The summed E-state index contributed by atoms with van der Waals surface area (Å²) in [4.78, 5) is 2.61. The average Bonchev–Trinajstić information content (AvgIpc) is 2.99. The van der Waals surface area contributed by atoms with E-state index in [2.05, 4.69) is 4.90 Å². The molecule has 3 nitrogen and oxygen atoms in total. The first-order valence-corrected chi connectivity index (χ1v) is 7.30. The Labute approximate surface area is 104 Å². The number of aliphatic hydroxyl groups is 1. The van der Waals surface area contributed by atoms with Gasteiger partial charge < -0.3 is 9.84 Å². The zero-order valence-corrected chi connectivity index (χ0v) is 10.7. The molecule has 1 aliphatic carbocycles. The maximum atomic E-state index is 9.24. The highest BCUT2D eigenvalue weighted by Gasteiger charge is 2.42. The van der Waals surface area contributed by atoms with E-state index in [9.17, 15) is 5.11 Å². The zero-order valence-electron chi connectivity index (χ0n) is 10.7. The van der Waals surface area contributed by atoms with Crippen molar-refractivity contribution in [3.8, 4) is 0 Å². The molecule has 2 aliphatic heterocycles. The van der Waals surface area contributed by atoms with Crippen LogP contribution in [0.25, 0.3) is 0 Å². The molecule has 0 amide bonds. The molecule has 1 saturated carbocycles. The number of hydrogen-bond donors (Lipinski definition) is 1. The average molecular weight is 239 g/mol. The van der Waals surface area contributed by atoms with E-state index in [0.29, 0.717) is 12.5 Å². The highest BCUT2D eigenvalue weighted by molar-refractivity contribution is 4.95. The van der Waals surface area contributed by atoms with Gasteiger partial charge in [0.1, 0.15) is 0 Å². The maximum Gasteiger partial charge on any atom is 0.0697 e. The second-order valence-electron chi connectivity index (χ2n) is 6.22. The fourth-order valence-electron chi connectivity index (χ4n) is 4.02. The van der Waals surface area contributed by atoms with Crippen molar-refractivity contribution in [3.05, 3.63) is 0 Å². The van der Waals surface area contributed by atoms with Crippen molar-refractivity contribution in [1.29, 1.82) is 0 Å². The van der Waals surface area contributed by atoms with Crippen molar-refractivity contribution in [1.82, 2.24) is 4.90 Å². The molecule has 3 heteroatoms. The van der Waals surface area contributed by atoms with Gasteiger partial charge in [0.15, 0.2) is 0 Å². The molecule has 3 rings (SSSR count). The van der Waals surface area contributed by atoms with E-state index in [0.717, 1.165) is 19.2 Å². The third-order valence-electron chi connectivity index (χ3n) is 5.07. The molecule has 2 heterocycles. The van der Waals surface area contributed by atoms with Gasteiger partial charge in [-0.1, -0.05) is 12.8 Å². The first kappa shape index (κ1) is 11.9. The zero-order chi connectivity index (χ0) is 11.7. The summed E-state index contributed by atoms with van der Waals surface area (Å²) in [6.07, 6.45) is 8.88. The van der Waals surface area contributed by atoms with Crippen LogP contribution in [0.15, 0.2) is 0 Å². The summed E-state index contributed by atoms with van der Waals surface area (Å²) >= 11 is 0. The van der Waals surface area contributed by atoms with Crippen molar-refractivity contribution >= 4 is 0 Å². The lowest BCUT2D eigenvalue weighted by Gasteiger charge is -2.42. The molecule has 3 aliphatic rings. The molecule has 2 unspecified atom stereocenters. The first-order valence-electron chi connectivity index (χ1n) is 7.30. The molecule has 2 saturated heterocycles. The minimum atomic E-state index is 0.236. The van der Waals surface area contributed by atoms with E-state index in [1.54, 1.807) is 0 Å². The molecule has 2 atom stereocenters. The Balaban J connectivity index is 1.60. The van der Waals surface area contributed by atoms with Crippen LogP contribution in [0.2, 0.25) is 0 Å². The Bertz CT molecular complexity index is 263. The molecule has 1 N–H and O–H groups in total. The van der Waals surface area contributed by atoms with Crippen LogP contribution < -0.4 is 0 Å². The van der Waals surface area contributed by atoms with Gasteiger partial charge in [0.05, 0.1) is 5.60 Å². The highest BCUT2D eigenvalue weighted by atomic mass is 16.5. The van der Waals surface area contributed by atoms with E-state index < -0.39 is 0 Å². The molecule has 0 aromatic rings. The van der Waals surface area contributed by atoms with E-state index in [4.69, 9.17) is 4.74 Å². The van der Waals surface area contributed by atoms with Gasteiger partial charge in [-0.15, -0.1) is 0 Å². The van der Waals surface area contributed by atoms with E-state index in [1.807, 2.05) is 0 Å². The van der Waals surface area contributed by atoms with Gasteiger partial charge in [-0.25, -0.2) is 0 Å². The number of ether oxygens (including phenoxy) is 1. The number of rotatable bonds is 2. The van der Waals surface area contributed by atoms with Crippen LogP contribution in [0.4, 0.5) is 0 Å². The molecular weight excluding hydrogens is 214 g/mol. The molecule has 17 heavy (non-hydrogen) atoms. The molecule has 1 spiro atoms. The molecule has 0 bridgehead atoms. The quantitative estimate of drug-likeness (QED) is 0.797. The van der Waals surface area contributed by atoms with Gasteiger partial charge in [-0.2, -0.15) is 0 Å². The Hall–Kier alpha value is -0.120. The Morgan fingerprint density at radius 2 is 2.06 bits per heavy atom. The normalized spacial score (nSPS) is 37.9. The lowest BCUT2D eigenvalue weighted by Crippen LogP contribution is -2.46. The molecule has 98 valence electrons. The lowest BCUT2D eigenvalue weighted by atomic mass is 9.88. The summed E-state index contributed by atoms with van der Waals surface area (Å²) < 4.78 is 6.09. The fraction of sp³-hybridized carbons (Fsp3) is 1.00. The Kier molecular flexibility index (Phi) is 3.42. The molecular formula is C14H25NO2. The van der Waals surface area contributed by atoms with Crippen molar-refractivity contribution in [3.63, 3.8) is 0 Å². The van der Waals surface area contributed by atoms with Gasteiger partial charge in [0, 0.05) is 25.8 Å². The number of hydrogen-bond acceptors (Lipinski definition) is 3. The molecule has 0 aromatic heterocycles. The second-order valence-corrected chi connectivity index (χ2v) is 6.22. The van der Waals surface area contributed by atoms with Crippen LogP contribution in [0.3, 0.4) is 0 Å². The maximum absolute atomic E-state index is 9.24. The van der Waals surface area contributed by atoms with Crippen molar-refractivity contribution < 1.29 is 9.84 Å². The second kappa shape index (κ2) is 4.87. The lowest BCUT2D eigenvalue weighted by molar-refractivity contribution is -0.0995. The van der Waals surface area contributed by atoms with Crippen LogP contribution in [-0.2, 0) is 4.74 Å². The third-order valence-corrected chi connectivity index (χ3v) is 5.07. The van der Waals surface area contributed by atoms with Crippen LogP contribution in [0, 0.1) is 5.92 Å². The van der Waals surface area contributed by atoms with E-state index in [-0.39, 0.29) is 5.60 Å². The number of aliphatic hydroxyl groups excluding tert-OH is 1. The Morgan fingerprint density at radius 3 is 2.76 bits per heavy atom. The third kappa shape index (κ3) is 2.38. The van der Waals surface area contributed by atoms with Crippen LogP contribution in [0.1, 0.15) is 44.9 Å². The van der Waals surface area contributed by atoms with Crippen molar-refractivity contribution in [2.75, 3.05) is 26.3 Å². The van der Waals surface area contributed by atoms with E-state index in [1.165, 1.54) is 51.5 Å². The molecule has 0 radical (unpaired) electrons. The standard InChI is InChI=1S/C14H25NO2/c16-11-12-3-7-15(10-12)13-4-8-17-14(9-13)5-1-2-6-14/h12-13,16H,1-11H2. The summed E-state index contributed by atoms with van der Waals surface area (Å²) in [6.45, 7) is 3.61. The summed E-state index contributed by atoms with van der Waals surface area (Å²) in [7, 11) is 0. The topological polar surface area (TPSA) is 32.7 Å². The summed E-state index contributed by atoms with van der Waals surface area (Å²) in [6, 6.07) is 0.721. The van der Waals surface area contributed by atoms with Gasteiger partial charge in [-0.3, -0.25) is 4.90 Å². The highest BCUT2D eigenvalue weighted by Crippen LogP contribution is 2.41. The van der Waals surface area contributed by atoms with Gasteiger partial charge >= 0.3 is 0 Å². The van der Waals surface area contributed by atoms with Crippen molar-refractivity contribution in [2.45, 2.75) is 56.6 Å². The fourth-order valence-corrected chi connectivity index (χ4v) is 4.02.